The Hall–Kier alpha value is -3.28. The van der Waals surface area contributed by atoms with Gasteiger partial charge in [-0.15, -0.1) is 0 Å². The van der Waals surface area contributed by atoms with E-state index < -0.39 is 0 Å². The van der Waals surface area contributed by atoms with E-state index in [1.165, 1.54) is 0 Å². The summed E-state index contributed by atoms with van der Waals surface area (Å²) in [5.74, 6) is 1.16. The van der Waals surface area contributed by atoms with Crippen molar-refractivity contribution in [2.45, 2.75) is 0 Å². The van der Waals surface area contributed by atoms with E-state index in [0.29, 0.717) is 23.2 Å². The van der Waals surface area contributed by atoms with Crippen LogP contribution in [0.15, 0.2) is 59.1 Å². The van der Waals surface area contributed by atoms with E-state index in [-0.39, 0.29) is 12.5 Å². The zero-order valence-electron chi connectivity index (χ0n) is 12.1. The molecule has 0 atom stereocenters. The molecule has 1 aliphatic heterocycles. The predicted octanol–water partition coefficient (Wildman–Crippen LogP) is 3.42. The Balaban J connectivity index is 1.56. The highest BCUT2D eigenvalue weighted by Crippen LogP contribution is 2.32. The van der Waals surface area contributed by atoms with Crippen LogP contribution >= 0.6 is 0 Å². The molecule has 0 bridgehead atoms. The quantitative estimate of drug-likeness (QED) is 0.775. The van der Waals surface area contributed by atoms with Crippen LogP contribution in [0.3, 0.4) is 0 Å². The van der Waals surface area contributed by atoms with E-state index in [1.807, 2.05) is 36.4 Å². The molecule has 0 saturated carbocycles. The summed E-state index contributed by atoms with van der Waals surface area (Å²) < 4.78 is 11.0. The van der Waals surface area contributed by atoms with Gasteiger partial charge in [0.25, 0.3) is 11.9 Å². The fourth-order valence-corrected chi connectivity index (χ4v) is 2.35. The molecule has 2 N–H and O–H groups in total. The minimum absolute atomic E-state index is 0.0416. The largest absolute Gasteiger partial charge is 0.482 e. The second kappa shape index (κ2) is 5.49. The third-order valence-electron chi connectivity index (χ3n) is 3.43. The van der Waals surface area contributed by atoms with Crippen LogP contribution in [-0.4, -0.2) is 17.5 Å². The Morgan fingerprint density at radius 2 is 2.00 bits per heavy atom. The van der Waals surface area contributed by atoms with Gasteiger partial charge in [0, 0.05) is 11.3 Å². The maximum Gasteiger partial charge on any atom is 0.299 e. The van der Waals surface area contributed by atoms with Gasteiger partial charge in [-0.05, 0) is 18.2 Å². The van der Waals surface area contributed by atoms with Crippen molar-refractivity contribution in [2.24, 2.45) is 0 Å². The van der Waals surface area contributed by atoms with Crippen LogP contribution in [0.1, 0.15) is 0 Å². The number of oxazole rings is 1. The van der Waals surface area contributed by atoms with Gasteiger partial charge in [0.2, 0.25) is 0 Å². The number of carbonyl (C=O) groups is 1. The minimum Gasteiger partial charge on any atom is -0.482 e. The number of nitrogens with one attached hydrogen (secondary N) is 2. The van der Waals surface area contributed by atoms with E-state index >= 15 is 0 Å². The van der Waals surface area contributed by atoms with Gasteiger partial charge in [-0.2, -0.15) is 0 Å². The monoisotopic (exact) mass is 307 g/mol. The van der Waals surface area contributed by atoms with Crippen molar-refractivity contribution in [3.05, 3.63) is 54.7 Å². The third-order valence-corrected chi connectivity index (χ3v) is 3.43. The molecule has 3 aromatic rings. The summed E-state index contributed by atoms with van der Waals surface area (Å²) in [5.41, 5.74) is 2.33. The molecule has 0 unspecified atom stereocenters. The number of aromatic nitrogens is 1. The molecule has 23 heavy (non-hydrogen) atoms. The first-order chi connectivity index (χ1) is 11.3. The minimum atomic E-state index is -0.169. The maximum atomic E-state index is 11.4. The Morgan fingerprint density at radius 3 is 2.87 bits per heavy atom. The van der Waals surface area contributed by atoms with Gasteiger partial charge in [0.05, 0.1) is 11.9 Å². The molecular formula is C17H13N3O3. The number of hydrogen-bond donors (Lipinski definition) is 2. The summed E-state index contributed by atoms with van der Waals surface area (Å²) in [6, 6.07) is 15.5. The zero-order valence-corrected chi connectivity index (χ0v) is 12.1. The van der Waals surface area contributed by atoms with Crippen LogP contribution in [-0.2, 0) is 4.79 Å². The van der Waals surface area contributed by atoms with Crippen molar-refractivity contribution < 1.29 is 13.9 Å². The van der Waals surface area contributed by atoms with Gasteiger partial charge in [-0.25, -0.2) is 4.98 Å². The molecule has 0 fully saturated rings. The fourth-order valence-electron chi connectivity index (χ4n) is 2.35. The summed E-state index contributed by atoms with van der Waals surface area (Å²) in [5, 5.41) is 5.84. The van der Waals surface area contributed by atoms with Crippen LogP contribution in [0, 0.1) is 0 Å². The van der Waals surface area contributed by atoms with E-state index in [9.17, 15) is 4.79 Å². The van der Waals surface area contributed by atoms with Crippen LogP contribution in [0.4, 0.5) is 17.4 Å². The molecule has 2 aromatic carbocycles. The standard InChI is InChI=1S/C17H13N3O3/c21-16-10-22-14-7-6-12(8-13(14)20-16)19-17-18-9-15(23-17)11-4-2-1-3-5-11/h1-9H,10H2,(H,18,19)(H,20,21). The number of fused-ring (bicyclic) bond motifs is 1. The van der Waals surface area contributed by atoms with E-state index in [2.05, 4.69) is 15.6 Å². The highest BCUT2D eigenvalue weighted by atomic mass is 16.5. The molecule has 0 saturated heterocycles. The number of nitrogens with zero attached hydrogens (tertiary/aromatic N) is 1. The summed E-state index contributed by atoms with van der Waals surface area (Å²) in [4.78, 5) is 15.6. The number of amides is 1. The Kier molecular flexibility index (Phi) is 3.20. The fraction of sp³-hybridized carbons (Fsp3) is 0.0588. The third kappa shape index (κ3) is 2.74. The van der Waals surface area contributed by atoms with E-state index in [4.69, 9.17) is 9.15 Å². The van der Waals surface area contributed by atoms with Gasteiger partial charge in [-0.3, -0.25) is 4.79 Å². The molecule has 0 radical (unpaired) electrons. The molecule has 114 valence electrons. The molecule has 1 amide bonds. The van der Waals surface area contributed by atoms with E-state index in [1.54, 1.807) is 18.3 Å². The molecule has 6 nitrogen and oxygen atoms in total. The number of ether oxygens (including phenoxy) is 1. The van der Waals surface area contributed by atoms with Crippen LogP contribution in [0.5, 0.6) is 5.75 Å². The van der Waals surface area contributed by atoms with Gasteiger partial charge in [0.15, 0.2) is 12.4 Å². The lowest BCUT2D eigenvalue weighted by atomic mass is 10.2. The number of carbonyl (C=O) groups excluding carboxylic acids is 1. The van der Waals surface area contributed by atoms with Crippen molar-refractivity contribution in [3.63, 3.8) is 0 Å². The van der Waals surface area contributed by atoms with Crippen LogP contribution in [0.2, 0.25) is 0 Å². The molecule has 2 heterocycles. The molecule has 1 aliphatic rings. The summed E-state index contributed by atoms with van der Waals surface area (Å²) >= 11 is 0. The Morgan fingerprint density at radius 1 is 1.13 bits per heavy atom. The molecule has 6 heteroatoms. The lowest BCUT2D eigenvalue weighted by Crippen LogP contribution is -2.25. The number of anilines is 3. The highest BCUT2D eigenvalue weighted by Gasteiger charge is 2.16. The Labute approximate surface area is 132 Å². The smallest absolute Gasteiger partial charge is 0.299 e. The predicted molar refractivity (Wildman–Crippen MR) is 85.8 cm³/mol. The van der Waals surface area contributed by atoms with Crippen molar-refractivity contribution >= 4 is 23.3 Å². The number of benzene rings is 2. The van der Waals surface area contributed by atoms with Gasteiger partial charge >= 0.3 is 0 Å². The second-order valence-corrected chi connectivity index (χ2v) is 5.07. The molecule has 0 aliphatic carbocycles. The first-order valence-corrected chi connectivity index (χ1v) is 7.13. The van der Waals surface area contributed by atoms with Crippen molar-refractivity contribution in [1.29, 1.82) is 0 Å². The molecular weight excluding hydrogens is 294 g/mol. The molecule has 0 spiro atoms. The summed E-state index contributed by atoms with van der Waals surface area (Å²) in [6.07, 6.45) is 1.67. The van der Waals surface area contributed by atoms with Crippen molar-refractivity contribution in [2.75, 3.05) is 17.2 Å². The van der Waals surface area contributed by atoms with Gasteiger partial charge in [0.1, 0.15) is 5.75 Å². The average molecular weight is 307 g/mol. The van der Waals surface area contributed by atoms with Gasteiger partial charge in [-0.1, -0.05) is 30.3 Å². The molecule has 4 rings (SSSR count). The average Bonchev–Trinajstić information content (AvgIpc) is 3.04. The van der Waals surface area contributed by atoms with E-state index in [0.717, 1.165) is 11.3 Å². The summed E-state index contributed by atoms with van der Waals surface area (Å²) in [6.45, 7) is 0.0416. The van der Waals surface area contributed by atoms with Crippen LogP contribution < -0.4 is 15.4 Å². The first-order valence-electron chi connectivity index (χ1n) is 7.13. The van der Waals surface area contributed by atoms with Crippen molar-refractivity contribution in [3.8, 4) is 17.1 Å². The second-order valence-electron chi connectivity index (χ2n) is 5.07. The lowest BCUT2D eigenvalue weighted by Gasteiger charge is -2.18. The Bertz CT molecular complexity index is 859. The maximum absolute atomic E-state index is 11.4. The summed E-state index contributed by atoms with van der Waals surface area (Å²) in [7, 11) is 0. The lowest BCUT2D eigenvalue weighted by molar-refractivity contribution is -0.118. The molecule has 1 aromatic heterocycles. The number of rotatable bonds is 3. The topological polar surface area (TPSA) is 76.4 Å². The van der Waals surface area contributed by atoms with Gasteiger partial charge < -0.3 is 19.8 Å². The van der Waals surface area contributed by atoms with Crippen molar-refractivity contribution in [1.82, 2.24) is 4.98 Å². The SMILES string of the molecule is O=C1COc2ccc(Nc3ncc(-c4ccccc4)o3)cc2N1. The first kappa shape index (κ1) is 13.4. The number of hydrogen-bond acceptors (Lipinski definition) is 5. The normalized spacial score (nSPS) is 13.0. The highest BCUT2D eigenvalue weighted by molar-refractivity contribution is 5.96. The van der Waals surface area contributed by atoms with Crippen LogP contribution in [0.25, 0.3) is 11.3 Å². The zero-order chi connectivity index (χ0) is 15.6.